The minimum atomic E-state index is -4.45. The van der Waals surface area contributed by atoms with Crippen LogP contribution in [0.1, 0.15) is 35.6 Å². The van der Waals surface area contributed by atoms with E-state index in [1.54, 1.807) is 30.5 Å². The lowest BCUT2D eigenvalue weighted by Crippen LogP contribution is -2.34. The van der Waals surface area contributed by atoms with Crippen LogP contribution in [-0.4, -0.2) is 41.1 Å². The van der Waals surface area contributed by atoms with Crippen molar-refractivity contribution in [2.24, 2.45) is 5.92 Å². The molecule has 1 aromatic heterocycles. The summed E-state index contributed by atoms with van der Waals surface area (Å²) in [6.45, 7) is 4.03. The predicted molar refractivity (Wildman–Crippen MR) is 159 cm³/mol. The Bertz CT molecular complexity index is 1510. The molecule has 0 bridgehead atoms. The van der Waals surface area contributed by atoms with Gasteiger partial charge in [-0.15, -0.1) is 12.4 Å². The van der Waals surface area contributed by atoms with E-state index in [4.69, 9.17) is 0 Å². The zero-order valence-electron chi connectivity index (χ0n) is 22.7. The maximum atomic E-state index is 13.2. The van der Waals surface area contributed by atoms with Crippen LogP contribution >= 0.6 is 12.4 Å². The third-order valence-electron chi connectivity index (χ3n) is 7.23. The molecule has 0 spiro atoms. The molecule has 3 aromatic rings. The number of anilines is 3. The number of aliphatic hydroxyl groups excluding tert-OH is 1. The monoisotopic (exact) mass is 598 g/mol. The van der Waals surface area contributed by atoms with Gasteiger partial charge >= 0.3 is 6.18 Å². The molecule has 42 heavy (non-hydrogen) atoms. The molecule has 2 aliphatic rings. The first-order chi connectivity index (χ1) is 19.6. The Morgan fingerprint density at radius 3 is 2.50 bits per heavy atom. The van der Waals surface area contributed by atoms with Crippen molar-refractivity contribution in [3.8, 4) is 0 Å². The highest BCUT2D eigenvalue weighted by atomic mass is 35.5. The second-order valence-corrected chi connectivity index (χ2v) is 10.3. The number of nitrogens with zero attached hydrogens (tertiary/aromatic N) is 2. The number of hydrogen-bond donors (Lipinski definition) is 3. The van der Waals surface area contributed by atoms with Crippen molar-refractivity contribution in [1.29, 1.82) is 0 Å². The van der Waals surface area contributed by atoms with Gasteiger partial charge in [-0.3, -0.25) is 9.59 Å². The number of carbonyl (C=O) groups is 2. The van der Waals surface area contributed by atoms with Gasteiger partial charge in [0.05, 0.1) is 5.56 Å². The number of carbonyl (C=O) groups excluding carboxylic acids is 2. The molecule has 2 aromatic carbocycles. The molecule has 0 saturated carbocycles. The second-order valence-electron chi connectivity index (χ2n) is 10.3. The minimum absolute atomic E-state index is 0. The van der Waals surface area contributed by atoms with Crippen LogP contribution in [0.5, 0.6) is 0 Å². The van der Waals surface area contributed by atoms with E-state index in [2.05, 4.69) is 27.4 Å². The summed E-state index contributed by atoms with van der Waals surface area (Å²) in [5.74, 6) is 0.469. The molecule has 3 N–H and O–H groups in total. The van der Waals surface area contributed by atoms with Gasteiger partial charge in [0.15, 0.2) is 0 Å². The molecule has 3 heterocycles. The van der Waals surface area contributed by atoms with Gasteiger partial charge in [0.1, 0.15) is 11.9 Å². The number of hydrogen-bond acceptors (Lipinski definition) is 5. The lowest BCUT2D eigenvalue weighted by atomic mass is 9.97. The first-order valence-corrected chi connectivity index (χ1v) is 13.3. The average molecular weight is 599 g/mol. The third kappa shape index (κ3) is 7.00. The Hall–Kier alpha value is -4.15. The maximum absolute atomic E-state index is 13.2. The minimum Gasteiger partial charge on any atom is -0.383 e. The molecule has 1 saturated heterocycles. The van der Waals surface area contributed by atoms with Crippen molar-refractivity contribution < 1.29 is 27.9 Å². The highest BCUT2D eigenvalue weighted by molar-refractivity contribution is 6.03. The number of pyridine rings is 1. The standard InChI is InChI=1S/C31H29F3N4O3.ClH/c1-19-14-15-38(18-19)28-13-10-21(17-35-28)23(20-8-11-22(12-9-20)31(32,33)34)4-2-7-29(40)36-25-5-3-6-26-24(25)16-27(39)30(41)37-26;/h2-13,17,19,27,39H,14-16,18H2,1H3,(H,36,40)(H,37,41);1H/b7-2+,23-4+;. The topological polar surface area (TPSA) is 94.6 Å². The van der Waals surface area contributed by atoms with Crippen LogP contribution in [0.25, 0.3) is 5.57 Å². The van der Waals surface area contributed by atoms with Crippen LogP contribution < -0.4 is 15.5 Å². The Morgan fingerprint density at radius 1 is 1.12 bits per heavy atom. The summed E-state index contributed by atoms with van der Waals surface area (Å²) >= 11 is 0. The van der Waals surface area contributed by atoms with Crippen molar-refractivity contribution in [3.05, 3.63) is 101 Å². The number of aliphatic hydroxyl groups is 1. The van der Waals surface area contributed by atoms with Gasteiger partial charge in [0.25, 0.3) is 5.91 Å². The van der Waals surface area contributed by atoms with Crippen LogP contribution in [0.4, 0.5) is 30.4 Å². The molecule has 7 nitrogen and oxygen atoms in total. The van der Waals surface area contributed by atoms with Crippen molar-refractivity contribution >= 4 is 47.0 Å². The summed E-state index contributed by atoms with van der Waals surface area (Å²) in [4.78, 5) is 31.3. The van der Waals surface area contributed by atoms with Crippen LogP contribution in [-0.2, 0) is 22.2 Å². The number of benzene rings is 2. The van der Waals surface area contributed by atoms with E-state index in [1.165, 1.54) is 24.3 Å². The summed E-state index contributed by atoms with van der Waals surface area (Å²) in [5, 5.41) is 15.3. The van der Waals surface area contributed by atoms with E-state index in [0.29, 0.717) is 39.6 Å². The number of nitrogens with one attached hydrogen (secondary N) is 2. The molecule has 2 aliphatic heterocycles. The fourth-order valence-corrected chi connectivity index (χ4v) is 5.02. The number of rotatable bonds is 6. The molecule has 11 heteroatoms. The quantitative estimate of drug-likeness (QED) is 0.244. The van der Waals surface area contributed by atoms with E-state index in [9.17, 15) is 27.9 Å². The van der Waals surface area contributed by atoms with Gasteiger partial charge in [0, 0.05) is 54.3 Å². The van der Waals surface area contributed by atoms with Crippen molar-refractivity contribution in [1.82, 2.24) is 4.98 Å². The molecule has 220 valence electrons. The van der Waals surface area contributed by atoms with E-state index in [0.717, 1.165) is 37.5 Å². The summed E-state index contributed by atoms with van der Waals surface area (Å²) in [6, 6.07) is 13.7. The summed E-state index contributed by atoms with van der Waals surface area (Å²) < 4.78 is 39.5. The first kappa shape index (κ1) is 30.8. The van der Waals surface area contributed by atoms with Crippen LogP contribution in [0.15, 0.2) is 79.0 Å². The first-order valence-electron chi connectivity index (χ1n) is 13.3. The fraction of sp³-hybridized carbons (Fsp3) is 0.258. The molecule has 0 radical (unpaired) electrons. The van der Waals surface area contributed by atoms with E-state index in [1.807, 2.05) is 12.1 Å². The number of amides is 2. The van der Waals surface area contributed by atoms with Crippen molar-refractivity contribution in [3.63, 3.8) is 0 Å². The van der Waals surface area contributed by atoms with E-state index < -0.39 is 29.7 Å². The van der Waals surface area contributed by atoms with Gasteiger partial charge in [-0.1, -0.05) is 37.3 Å². The molecular formula is C31H30ClF3N4O3. The SMILES string of the molecule is CC1CCN(c2ccc(/C(=C/C=C/C(=O)Nc3cccc4c3CC(O)C(=O)N4)c3ccc(C(F)(F)F)cc3)cn2)C1.Cl. The van der Waals surface area contributed by atoms with E-state index in [-0.39, 0.29) is 18.8 Å². The van der Waals surface area contributed by atoms with Crippen molar-refractivity contribution in [2.75, 3.05) is 28.6 Å². The summed E-state index contributed by atoms with van der Waals surface area (Å²) in [6.07, 6.45) is 1.66. The molecule has 2 unspecified atom stereocenters. The number of aromatic nitrogens is 1. The number of halogens is 4. The lowest BCUT2D eigenvalue weighted by Gasteiger charge is -2.23. The third-order valence-corrected chi connectivity index (χ3v) is 7.23. The average Bonchev–Trinajstić information content (AvgIpc) is 3.38. The Labute approximate surface area is 247 Å². The summed E-state index contributed by atoms with van der Waals surface area (Å²) in [5.41, 5.74) is 2.66. The molecule has 0 aliphatic carbocycles. The van der Waals surface area contributed by atoms with Gasteiger partial charge in [-0.2, -0.15) is 13.2 Å². The number of fused-ring (bicyclic) bond motifs is 1. The van der Waals surface area contributed by atoms with Crippen LogP contribution in [0.2, 0.25) is 0 Å². The van der Waals surface area contributed by atoms with Crippen LogP contribution in [0, 0.1) is 5.92 Å². The predicted octanol–water partition coefficient (Wildman–Crippen LogP) is 5.85. The number of alkyl halides is 3. The van der Waals surface area contributed by atoms with Gasteiger partial charge < -0.3 is 20.6 Å². The fourth-order valence-electron chi connectivity index (χ4n) is 5.02. The highest BCUT2D eigenvalue weighted by Crippen LogP contribution is 2.32. The Balaban J connectivity index is 0.00000405. The van der Waals surface area contributed by atoms with Crippen molar-refractivity contribution in [2.45, 2.75) is 32.0 Å². The molecule has 2 amide bonds. The summed E-state index contributed by atoms with van der Waals surface area (Å²) in [7, 11) is 0. The largest absolute Gasteiger partial charge is 0.416 e. The van der Waals surface area contributed by atoms with Gasteiger partial charge in [-0.05, 0) is 59.9 Å². The number of allylic oxidation sites excluding steroid dienone is 2. The molecule has 2 atom stereocenters. The Morgan fingerprint density at radius 2 is 1.86 bits per heavy atom. The van der Waals surface area contributed by atoms with Gasteiger partial charge in [-0.25, -0.2) is 4.98 Å². The van der Waals surface area contributed by atoms with Crippen LogP contribution in [0.3, 0.4) is 0 Å². The highest BCUT2D eigenvalue weighted by Gasteiger charge is 2.30. The molecule has 5 rings (SSSR count). The zero-order chi connectivity index (χ0) is 29.1. The smallest absolute Gasteiger partial charge is 0.383 e. The normalized spacial score (nSPS) is 18.8. The molecular weight excluding hydrogens is 569 g/mol. The maximum Gasteiger partial charge on any atom is 0.416 e. The second kappa shape index (κ2) is 12.8. The zero-order valence-corrected chi connectivity index (χ0v) is 23.5. The van der Waals surface area contributed by atoms with E-state index >= 15 is 0 Å². The Kier molecular flexibility index (Phi) is 9.38. The lowest BCUT2D eigenvalue weighted by molar-refractivity contribution is -0.137. The van der Waals surface area contributed by atoms with Gasteiger partial charge in [0.2, 0.25) is 5.91 Å². The molecule has 1 fully saturated rings.